The fraction of sp³-hybridized carbons (Fsp3) is 0.412. The molecular formula is C17H16F4N4O6S. The van der Waals surface area contributed by atoms with E-state index in [4.69, 9.17) is 4.74 Å². The summed E-state index contributed by atoms with van der Waals surface area (Å²) in [5.74, 6) is -2.54. The number of alkyl halides is 3. The number of ether oxygens (including phenoxy) is 1. The van der Waals surface area contributed by atoms with E-state index in [9.17, 15) is 36.3 Å². The number of hydrogen-bond acceptors (Lipinski definition) is 7. The van der Waals surface area contributed by atoms with E-state index in [-0.39, 0.29) is 48.6 Å². The maximum absolute atomic E-state index is 15.1. The van der Waals surface area contributed by atoms with Gasteiger partial charge in [-0.05, 0) is 12.5 Å². The molecule has 0 radical (unpaired) electrons. The lowest BCUT2D eigenvalue weighted by molar-refractivity contribution is -0.0450. The van der Waals surface area contributed by atoms with E-state index in [0.717, 1.165) is 12.3 Å². The Morgan fingerprint density at radius 1 is 1.34 bits per heavy atom. The highest BCUT2D eigenvalue weighted by Crippen LogP contribution is 2.41. The molecule has 0 amide bonds. The average molecular weight is 480 g/mol. The first-order valence-corrected chi connectivity index (χ1v) is 10.6. The minimum atomic E-state index is -5.58. The van der Waals surface area contributed by atoms with Gasteiger partial charge < -0.3 is 14.7 Å². The van der Waals surface area contributed by atoms with Crippen molar-refractivity contribution in [2.45, 2.75) is 18.0 Å². The van der Waals surface area contributed by atoms with E-state index in [1.165, 1.54) is 14.6 Å². The van der Waals surface area contributed by atoms with E-state index in [1.54, 1.807) is 11.8 Å². The number of rotatable bonds is 4. The predicted molar refractivity (Wildman–Crippen MR) is 103 cm³/mol. The number of anilines is 1. The van der Waals surface area contributed by atoms with Crippen LogP contribution in [0.3, 0.4) is 0 Å². The number of carbonyl (C=O) groups is 1. The molecule has 174 valence electrons. The number of hydrogen-bond donors (Lipinski definition) is 2. The first kappa shape index (κ1) is 22.1. The van der Waals surface area contributed by atoms with Crippen molar-refractivity contribution in [1.82, 2.24) is 9.40 Å². The Bertz CT molecular complexity index is 1290. The second kappa shape index (κ2) is 7.23. The van der Waals surface area contributed by atoms with Crippen LogP contribution in [0.15, 0.2) is 17.1 Å². The molecule has 3 heterocycles. The Morgan fingerprint density at radius 3 is 2.66 bits per heavy atom. The average Bonchev–Trinajstić information content (AvgIpc) is 3.11. The summed E-state index contributed by atoms with van der Waals surface area (Å²) in [6.45, 7) is -0.406. The molecule has 15 heteroatoms. The zero-order valence-corrected chi connectivity index (χ0v) is 17.1. The minimum Gasteiger partial charge on any atom is -0.477 e. The fourth-order valence-electron chi connectivity index (χ4n) is 3.82. The largest absolute Gasteiger partial charge is 0.511 e. The minimum absolute atomic E-state index is 0.0110. The molecule has 2 aliphatic rings. The van der Waals surface area contributed by atoms with E-state index in [2.05, 4.69) is 0 Å². The Labute approximate surface area is 177 Å². The molecule has 1 fully saturated rings. The molecule has 1 saturated heterocycles. The first-order chi connectivity index (χ1) is 14.8. The quantitative estimate of drug-likeness (QED) is 0.616. The summed E-state index contributed by atoms with van der Waals surface area (Å²) >= 11 is 0. The van der Waals surface area contributed by atoms with E-state index in [0.29, 0.717) is 0 Å². The summed E-state index contributed by atoms with van der Waals surface area (Å²) in [6, 6.07) is -0.290. The van der Waals surface area contributed by atoms with E-state index < -0.39 is 44.4 Å². The topological polar surface area (TPSA) is 121 Å². The van der Waals surface area contributed by atoms with Crippen LogP contribution in [0.5, 0.6) is 5.75 Å². The zero-order chi connectivity index (χ0) is 23.6. The van der Waals surface area contributed by atoms with Gasteiger partial charge >= 0.3 is 21.5 Å². The molecule has 0 saturated carbocycles. The summed E-state index contributed by atoms with van der Waals surface area (Å²) in [6.07, 6.45) is 1.04. The molecule has 2 aliphatic heterocycles. The van der Waals surface area contributed by atoms with Crippen LogP contribution in [-0.4, -0.2) is 62.6 Å². The fourth-order valence-corrected chi connectivity index (χ4v) is 4.58. The molecule has 1 atom stereocenters. The van der Waals surface area contributed by atoms with Crippen LogP contribution in [0.25, 0.3) is 10.9 Å². The Morgan fingerprint density at radius 2 is 2.03 bits per heavy atom. The summed E-state index contributed by atoms with van der Waals surface area (Å²) in [5.41, 5.74) is -7.05. The van der Waals surface area contributed by atoms with Crippen molar-refractivity contribution in [2.24, 2.45) is 0 Å². The second-order valence-corrected chi connectivity index (χ2v) is 9.09. The van der Waals surface area contributed by atoms with Crippen molar-refractivity contribution in [3.63, 3.8) is 0 Å². The van der Waals surface area contributed by atoms with Gasteiger partial charge in [-0.25, -0.2) is 22.3 Å². The lowest BCUT2D eigenvalue weighted by Crippen LogP contribution is -2.44. The lowest BCUT2D eigenvalue weighted by atomic mass is 10.1. The summed E-state index contributed by atoms with van der Waals surface area (Å²) < 4.78 is 84.3. The van der Waals surface area contributed by atoms with Crippen molar-refractivity contribution >= 4 is 32.6 Å². The maximum Gasteiger partial charge on any atom is 0.511 e. The molecule has 32 heavy (non-hydrogen) atoms. The molecule has 10 nitrogen and oxygen atoms in total. The molecular weight excluding hydrogens is 464 g/mol. The van der Waals surface area contributed by atoms with Gasteiger partial charge in [-0.15, -0.1) is 0 Å². The second-order valence-electron chi connectivity index (χ2n) is 7.38. The van der Waals surface area contributed by atoms with Crippen molar-refractivity contribution in [1.29, 1.82) is 0 Å². The van der Waals surface area contributed by atoms with Crippen molar-refractivity contribution in [3.8, 4) is 5.75 Å². The number of sulfonamides is 1. The van der Waals surface area contributed by atoms with Gasteiger partial charge in [0.1, 0.15) is 16.8 Å². The predicted octanol–water partition coefficient (Wildman–Crippen LogP) is 0.774. The van der Waals surface area contributed by atoms with Gasteiger partial charge in [-0.3, -0.25) is 14.5 Å². The van der Waals surface area contributed by atoms with Crippen LogP contribution < -0.4 is 24.8 Å². The van der Waals surface area contributed by atoms with Crippen LogP contribution in [0.2, 0.25) is 0 Å². The Hall–Kier alpha value is -3.07. The van der Waals surface area contributed by atoms with Crippen molar-refractivity contribution in [3.05, 3.63) is 33.9 Å². The standard InChI is InChI=1S/C17H16F4N4O6S/c1-23-7-31-15-12-9(14(26)10(16(27)28)6-25(12)23)4-11(18)13(15)24-3-2-8(5-24)22-32(29,30)17(19,20)21/h4,6,8,22H,2-3,5,7H2,1H3,(H,27,28). The Kier molecular flexibility index (Phi) is 5.00. The number of aromatic nitrogens is 1. The van der Waals surface area contributed by atoms with Gasteiger partial charge in [-0.1, -0.05) is 0 Å². The molecule has 2 aromatic rings. The third-order valence-electron chi connectivity index (χ3n) is 5.28. The molecule has 2 N–H and O–H groups in total. The number of benzene rings is 1. The number of aromatic carboxylic acids is 1. The van der Waals surface area contributed by atoms with Gasteiger partial charge in [0.2, 0.25) is 5.43 Å². The van der Waals surface area contributed by atoms with Gasteiger partial charge in [0, 0.05) is 32.4 Å². The van der Waals surface area contributed by atoms with Crippen molar-refractivity contribution < 1.29 is 40.6 Å². The molecule has 1 aromatic heterocycles. The summed E-state index contributed by atoms with van der Waals surface area (Å²) in [4.78, 5) is 25.3. The SMILES string of the molecule is CN1COc2c(N3CCC(NS(=O)(=O)C(F)(F)F)C3)c(F)cc3c(=O)c(C(=O)O)cn1c23. The van der Waals surface area contributed by atoms with Crippen LogP contribution >= 0.6 is 0 Å². The number of carboxylic acid groups (broad SMARTS) is 1. The summed E-state index contributed by atoms with van der Waals surface area (Å²) in [5, 5.41) is 10.5. The smallest absolute Gasteiger partial charge is 0.477 e. The highest BCUT2D eigenvalue weighted by atomic mass is 32.2. The van der Waals surface area contributed by atoms with Crippen LogP contribution in [-0.2, 0) is 10.0 Å². The van der Waals surface area contributed by atoms with Gasteiger partial charge in [0.15, 0.2) is 18.3 Å². The third-order valence-corrected chi connectivity index (χ3v) is 6.53. The third kappa shape index (κ3) is 3.40. The molecule has 0 spiro atoms. The number of nitrogens with one attached hydrogen (secondary N) is 1. The molecule has 0 bridgehead atoms. The molecule has 1 aromatic carbocycles. The lowest BCUT2D eigenvalue weighted by Gasteiger charge is -2.33. The van der Waals surface area contributed by atoms with Gasteiger partial charge in [0.25, 0.3) is 0 Å². The zero-order valence-electron chi connectivity index (χ0n) is 16.3. The van der Waals surface area contributed by atoms with Gasteiger partial charge in [0.05, 0.1) is 5.39 Å². The monoisotopic (exact) mass is 480 g/mol. The van der Waals surface area contributed by atoms with Crippen LogP contribution in [0.4, 0.5) is 23.2 Å². The van der Waals surface area contributed by atoms with Gasteiger partial charge in [-0.2, -0.15) is 13.2 Å². The highest BCUT2D eigenvalue weighted by Gasteiger charge is 2.47. The number of halogens is 4. The van der Waals surface area contributed by atoms with Crippen LogP contribution in [0.1, 0.15) is 16.8 Å². The first-order valence-electron chi connectivity index (χ1n) is 9.14. The number of nitrogens with zero attached hydrogens (tertiary/aromatic N) is 3. The molecule has 1 unspecified atom stereocenters. The normalized spacial score (nSPS) is 18.8. The van der Waals surface area contributed by atoms with Crippen molar-refractivity contribution in [2.75, 3.05) is 36.8 Å². The Balaban J connectivity index is 1.79. The number of pyridine rings is 1. The highest BCUT2D eigenvalue weighted by molar-refractivity contribution is 7.90. The number of carboxylic acids is 1. The molecule has 0 aliphatic carbocycles. The van der Waals surface area contributed by atoms with E-state index >= 15 is 4.39 Å². The maximum atomic E-state index is 15.1. The molecule has 4 rings (SSSR count). The van der Waals surface area contributed by atoms with Crippen LogP contribution in [0, 0.1) is 5.82 Å². The summed E-state index contributed by atoms with van der Waals surface area (Å²) in [7, 11) is -4.04. The van der Waals surface area contributed by atoms with E-state index in [1.807, 2.05) is 0 Å².